The number of rotatable bonds is 5. The first-order valence-electron chi connectivity index (χ1n) is 6.39. The van der Waals surface area contributed by atoms with Crippen LogP contribution in [0.2, 0.25) is 0 Å². The molecule has 1 aliphatic heterocycles. The third kappa shape index (κ3) is 3.21. The maximum Gasteiger partial charge on any atom is 0.165 e. The zero-order valence-electron chi connectivity index (χ0n) is 10.9. The average molecular weight is 253 g/mol. The number of hydrogen-bond donors (Lipinski definition) is 1. The van der Waals surface area contributed by atoms with Gasteiger partial charge in [0.2, 0.25) is 0 Å². The van der Waals surface area contributed by atoms with Crippen LogP contribution < -0.4 is 10.1 Å². The van der Waals surface area contributed by atoms with Crippen LogP contribution in [0.15, 0.2) is 18.2 Å². The van der Waals surface area contributed by atoms with Crippen molar-refractivity contribution in [2.45, 2.75) is 31.9 Å². The van der Waals surface area contributed by atoms with Gasteiger partial charge in [0.25, 0.3) is 0 Å². The SMILES string of the molecule is COc1ccc([C@H](C)NC[C@H]2CCCO2)cc1F. The van der Waals surface area contributed by atoms with Gasteiger partial charge in [-0.15, -0.1) is 0 Å². The standard InChI is InChI=1S/C14H20FNO2/c1-10(16-9-12-4-3-7-18-12)11-5-6-14(17-2)13(15)8-11/h5-6,8,10,12,16H,3-4,7,9H2,1-2H3/t10-,12+/m0/s1. The summed E-state index contributed by atoms with van der Waals surface area (Å²) in [6, 6.07) is 5.17. The van der Waals surface area contributed by atoms with E-state index in [-0.39, 0.29) is 17.6 Å². The van der Waals surface area contributed by atoms with Crippen LogP contribution in [-0.2, 0) is 4.74 Å². The highest BCUT2D eigenvalue weighted by atomic mass is 19.1. The fourth-order valence-corrected chi connectivity index (χ4v) is 2.18. The predicted octanol–water partition coefficient (Wildman–Crippen LogP) is 2.66. The van der Waals surface area contributed by atoms with Crippen molar-refractivity contribution in [1.82, 2.24) is 5.32 Å². The van der Waals surface area contributed by atoms with Crippen molar-refractivity contribution in [2.75, 3.05) is 20.3 Å². The molecule has 1 N–H and O–H groups in total. The Balaban J connectivity index is 1.91. The van der Waals surface area contributed by atoms with E-state index in [1.807, 2.05) is 13.0 Å². The first kappa shape index (κ1) is 13.3. The first-order valence-corrected chi connectivity index (χ1v) is 6.39. The third-order valence-corrected chi connectivity index (χ3v) is 3.35. The minimum absolute atomic E-state index is 0.106. The summed E-state index contributed by atoms with van der Waals surface area (Å²) in [4.78, 5) is 0. The maximum atomic E-state index is 13.6. The Morgan fingerprint density at radius 3 is 3.00 bits per heavy atom. The van der Waals surface area contributed by atoms with Crippen molar-refractivity contribution in [1.29, 1.82) is 0 Å². The van der Waals surface area contributed by atoms with Crippen LogP contribution in [0.25, 0.3) is 0 Å². The molecule has 4 heteroatoms. The molecule has 1 aliphatic rings. The van der Waals surface area contributed by atoms with E-state index in [9.17, 15) is 4.39 Å². The third-order valence-electron chi connectivity index (χ3n) is 3.35. The monoisotopic (exact) mass is 253 g/mol. The molecular formula is C14H20FNO2. The number of hydrogen-bond acceptors (Lipinski definition) is 3. The second-order valence-electron chi connectivity index (χ2n) is 4.66. The number of methoxy groups -OCH3 is 1. The van der Waals surface area contributed by atoms with Gasteiger partial charge >= 0.3 is 0 Å². The number of benzene rings is 1. The zero-order valence-corrected chi connectivity index (χ0v) is 10.9. The van der Waals surface area contributed by atoms with Gasteiger partial charge in [0, 0.05) is 19.2 Å². The zero-order chi connectivity index (χ0) is 13.0. The molecule has 0 aliphatic carbocycles. The minimum atomic E-state index is -0.319. The van der Waals surface area contributed by atoms with Crippen molar-refractivity contribution < 1.29 is 13.9 Å². The second-order valence-corrected chi connectivity index (χ2v) is 4.66. The minimum Gasteiger partial charge on any atom is -0.494 e. The molecule has 3 nitrogen and oxygen atoms in total. The van der Waals surface area contributed by atoms with Gasteiger partial charge in [0.15, 0.2) is 11.6 Å². The Bertz CT molecular complexity index is 391. The molecule has 0 spiro atoms. The highest BCUT2D eigenvalue weighted by molar-refractivity contribution is 5.30. The first-order chi connectivity index (χ1) is 8.70. The van der Waals surface area contributed by atoms with Crippen LogP contribution in [0.3, 0.4) is 0 Å². The van der Waals surface area contributed by atoms with Crippen molar-refractivity contribution in [2.24, 2.45) is 0 Å². The summed E-state index contributed by atoms with van der Waals surface area (Å²) in [5, 5.41) is 3.37. The molecule has 0 bridgehead atoms. The van der Waals surface area contributed by atoms with Crippen molar-refractivity contribution >= 4 is 0 Å². The van der Waals surface area contributed by atoms with E-state index < -0.39 is 0 Å². The van der Waals surface area contributed by atoms with Crippen molar-refractivity contribution in [3.63, 3.8) is 0 Å². The number of ether oxygens (including phenoxy) is 2. The lowest BCUT2D eigenvalue weighted by Crippen LogP contribution is -2.28. The van der Waals surface area contributed by atoms with E-state index >= 15 is 0 Å². The molecule has 0 unspecified atom stereocenters. The Morgan fingerprint density at radius 1 is 1.56 bits per heavy atom. The Kier molecular flexibility index (Phi) is 4.55. The van der Waals surface area contributed by atoms with Crippen LogP contribution in [0.4, 0.5) is 4.39 Å². The van der Waals surface area contributed by atoms with E-state index in [1.54, 1.807) is 6.07 Å². The molecule has 1 heterocycles. The summed E-state index contributed by atoms with van der Waals surface area (Å²) < 4.78 is 24.0. The Morgan fingerprint density at radius 2 is 2.39 bits per heavy atom. The van der Waals surface area contributed by atoms with Crippen LogP contribution in [0, 0.1) is 5.82 Å². The molecule has 2 rings (SSSR count). The molecular weight excluding hydrogens is 233 g/mol. The Labute approximate surface area is 107 Å². The molecule has 0 aromatic heterocycles. The van der Waals surface area contributed by atoms with Crippen LogP contribution in [0.5, 0.6) is 5.75 Å². The fourth-order valence-electron chi connectivity index (χ4n) is 2.18. The molecule has 1 fully saturated rings. The van der Waals surface area contributed by atoms with Crippen LogP contribution in [-0.4, -0.2) is 26.4 Å². The van der Waals surface area contributed by atoms with Gasteiger partial charge in [0.1, 0.15) is 0 Å². The normalized spacial score (nSPS) is 20.9. The van der Waals surface area contributed by atoms with E-state index in [2.05, 4.69) is 5.32 Å². The van der Waals surface area contributed by atoms with Gasteiger partial charge in [-0.2, -0.15) is 0 Å². The molecule has 1 aromatic carbocycles. The lowest BCUT2D eigenvalue weighted by Gasteiger charge is -2.17. The molecule has 18 heavy (non-hydrogen) atoms. The molecule has 2 atom stereocenters. The average Bonchev–Trinajstić information content (AvgIpc) is 2.89. The smallest absolute Gasteiger partial charge is 0.165 e. The van der Waals surface area contributed by atoms with Gasteiger partial charge < -0.3 is 14.8 Å². The van der Waals surface area contributed by atoms with E-state index in [0.717, 1.165) is 31.6 Å². The molecule has 1 aromatic rings. The molecule has 0 saturated carbocycles. The molecule has 1 saturated heterocycles. The second kappa shape index (κ2) is 6.16. The molecule has 0 radical (unpaired) electrons. The van der Waals surface area contributed by atoms with Crippen LogP contribution in [0.1, 0.15) is 31.4 Å². The van der Waals surface area contributed by atoms with Crippen molar-refractivity contribution in [3.8, 4) is 5.75 Å². The predicted molar refractivity (Wildman–Crippen MR) is 68.3 cm³/mol. The summed E-state index contributed by atoms with van der Waals surface area (Å²) in [6.45, 7) is 3.70. The van der Waals surface area contributed by atoms with Gasteiger partial charge in [-0.1, -0.05) is 6.07 Å². The van der Waals surface area contributed by atoms with Gasteiger partial charge in [-0.05, 0) is 37.5 Å². The topological polar surface area (TPSA) is 30.5 Å². The number of nitrogens with one attached hydrogen (secondary N) is 1. The summed E-state index contributed by atoms with van der Waals surface area (Å²) in [5.41, 5.74) is 0.922. The summed E-state index contributed by atoms with van der Waals surface area (Å²) >= 11 is 0. The van der Waals surface area contributed by atoms with Gasteiger partial charge in [-0.3, -0.25) is 0 Å². The highest BCUT2D eigenvalue weighted by Gasteiger charge is 2.16. The maximum absolute atomic E-state index is 13.6. The molecule has 100 valence electrons. The summed E-state index contributed by atoms with van der Waals surface area (Å²) in [6.07, 6.45) is 2.55. The Hall–Kier alpha value is -1.13. The van der Waals surface area contributed by atoms with E-state index in [0.29, 0.717) is 6.10 Å². The van der Waals surface area contributed by atoms with E-state index in [1.165, 1.54) is 13.2 Å². The summed E-state index contributed by atoms with van der Waals surface area (Å²) in [7, 11) is 1.47. The van der Waals surface area contributed by atoms with Gasteiger partial charge in [0.05, 0.1) is 13.2 Å². The molecule has 0 amide bonds. The van der Waals surface area contributed by atoms with Crippen LogP contribution >= 0.6 is 0 Å². The number of halogens is 1. The lowest BCUT2D eigenvalue weighted by atomic mass is 10.1. The van der Waals surface area contributed by atoms with Gasteiger partial charge in [-0.25, -0.2) is 4.39 Å². The lowest BCUT2D eigenvalue weighted by molar-refractivity contribution is 0.108. The largest absolute Gasteiger partial charge is 0.494 e. The summed E-state index contributed by atoms with van der Waals surface area (Å²) in [5.74, 6) is -0.0363. The quantitative estimate of drug-likeness (QED) is 0.875. The van der Waals surface area contributed by atoms with Crippen molar-refractivity contribution in [3.05, 3.63) is 29.6 Å². The highest BCUT2D eigenvalue weighted by Crippen LogP contribution is 2.22. The fraction of sp³-hybridized carbons (Fsp3) is 0.571. The van der Waals surface area contributed by atoms with E-state index in [4.69, 9.17) is 9.47 Å².